The second-order valence-electron chi connectivity index (χ2n) is 9.72. The number of amides is 1. The number of fused-ring (bicyclic) bond motifs is 13. The predicted molar refractivity (Wildman–Crippen MR) is 126 cm³/mol. The normalized spacial score (nSPS) is 27.8. The molecule has 1 saturated heterocycles. The number of aromatic nitrogens is 2. The Labute approximate surface area is 188 Å². The Balaban J connectivity index is 1.78. The standard InChI is InChI=1S/C26H22N4O3/c1-25-26(32,12-27)10-18(33-25)29-16-8-4-2-6-13(16)20-21-15(11-28-24(21)31)19-14-7-3-5-9-17(14)30(25)23(19)22(20)29/h2-9,18,32H,10-12,27H2,1H3,(H,28,31)/t18-,25+,26+/m1/s1. The van der Waals surface area contributed by atoms with Crippen molar-refractivity contribution in [3.8, 4) is 0 Å². The van der Waals surface area contributed by atoms with Gasteiger partial charge in [0.1, 0.15) is 11.8 Å². The van der Waals surface area contributed by atoms with E-state index in [4.69, 9.17) is 10.5 Å². The third-order valence-corrected chi connectivity index (χ3v) is 8.31. The molecule has 33 heavy (non-hydrogen) atoms. The van der Waals surface area contributed by atoms with Crippen LogP contribution >= 0.6 is 0 Å². The number of rotatable bonds is 1. The summed E-state index contributed by atoms with van der Waals surface area (Å²) in [5.74, 6) is -0.0355. The number of nitrogens with zero attached hydrogens (tertiary/aromatic N) is 2. The van der Waals surface area contributed by atoms with E-state index >= 15 is 0 Å². The van der Waals surface area contributed by atoms with E-state index in [9.17, 15) is 9.90 Å². The summed E-state index contributed by atoms with van der Waals surface area (Å²) < 4.78 is 11.1. The van der Waals surface area contributed by atoms with Crippen molar-refractivity contribution in [2.45, 2.75) is 37.4 Å². The number of hydrogen-bond acceptors (Lipinski definition) is 4. The first-order chi connectivity index (χ1) is 16.0. The van der Waals surface area contributed by atoms with Gasteiger partial charge in [-0.1, -0.05) is 36.4 Å². The number of aliphatic hydroxyl groups is 1. The molecule has 3 aromatic carbocycles. The van der Waals surface area contributed by atoms with E-state index in [1.165, 1.54) is 0 Å². The molecule has 0 aliphatic carbocycles. The lowest BCUT2D eigenvalue weighted by Gasteiger charge is -2.39. The highest BCUT2D eigenvalue weighted by atomic mass is 16.6. The number of ether oxygens (including phenoxy) is 1. The van der Waals surface area contributed by atoms with Gasteiger partial charge in [0.05, 0.1) is 27.6 Å². The van der Waals surface area contributed by atoms with E-state index in [-0.39, 0.29) is 12.5 Å². The number of carbonyl (C=O) groups is 1. The van der Waals surface area contributed by atoms with Crippen LogP contribution < -0.4 is 11.1 Å². The zero-order chi connectivity index (χ0) is 22.3. The van der Waals surface area contributed by atoms with Crippen LogP contribution in [0.15, 0.2) is 48.5 Å². The van der Waals surface area contributed by atoms with Gasteiger partial charge in [0, 0.05) is 41.1 Å². The lowest BCUT2D eigenvalue weighted by molar-refractivity contribution is -0.173. The summed E-state index contributed by atoms with van der Waals surface area (Å²) >= 11 is 0. The summed E-state index contributed by atoms with van der Waals surface area (Å²) in [5.41, 5.74) is 9.61. The van der Waals surface area contributed by atoms with Gasteiger partial charge in [-0.05, 0) is 24.6 Å². The summed E-state index contributed by atoms with van der Waals surface area (Å²) in [7, 11) is 0. The molecule has 1 amide bonds. The van der Waals surface area contributed by atoms with E-state index in [0.29, 0.717) is 13.0 Å². The van der Waals surface area contributed by atoms with Crippen LogP contribution in [0, 0.1) is 0 Å². The Morgan fingerprint density at radius 3 is 2.55 bits per heavy atom. The topological polar surface area (TPSA) is 94.4 Å². The molecule has 8 rings (SSSR count). The molecule has 7 nitrogen and oxygen atoms in total. The van der Waals surface area contributed by atoms with Gasteiger partial charge in [-0.25, -0.2) is 0 Å². The maximum atomic E-state index is 13.2. The highest BCUT2D eigenvalue weighted by molar-refractivity contribution is 6.31. The molecule has 0 radical (unpaired) electrons. The Hall–Kier alpha value is -3.39. The summed E-state index contributed by atoms with van der Waals surface area (Å²) in [6.45, 7) is 2.51. The quantitative estimate of drug-likeness (QED) is 0.374. The second kappa shape index (κ2) is 5.39. The fourth-order valence-electron chi connectivity index (χ4n) is 6.79. The number of para-hydroxylation sites is 2. The smallest absolute Gasteiger partial charge is 0.252 e. The van der Waals surface area contributed by atoms with Crippen molar-refractivity contribution < 1.29 is 14.6 Å². The Bertz CT molecular complexity index is 1730. The third kappa shape index (κ3) is 1.75. The minimum Gasteiger partial charge on any atom is -0.383 e. The molecule has 1 fully saturated rings. The van der Waals surface area contributed by atoms with Gasteiger partial charge >= 0.3 is 0 Å². The minimum absolute atomic E-state index is 0.0355. The average molecular weight is 438 g/mol. The molecule has 7 heteroatoms. The van der Waals surface area contributed by atoms with E-state index in [2.05, 4.69) is 38.7 Å². The number of nitrogens with two attached hydrogens (primary N) is 1. The van der Waals surface area contributed by atoms with Crippen molar-refractivity contribution in [3.05, 3.63) is 59.7 Å². The summed E-state index contributed by atoms with van der Waals surface area (Å²) in [4.78, 5) is 13.2. The molecule has 164 valence electrons. The molecule has 3 atom stereocenters. The van der Waals surface area contributed by atoms with Crippen LogP contribution in [-0.2, 0) is 17.0 Å². The second-order valence-corrected chi connectivity index (χ2v) is 9.72. The lowest BCUT2D eigenvalue weighted by Crippen LogP contribution is -2.55. The SMILES string of the molecule is C[C@]12O[C@H](C[C@]1(O)CN)n1c3ccccc3c3c4c(c5c6ccccc6n2c5c31)CNC4=O. The molecule has 0 unspecified atom stereocenters. The fraction of sp³-hybridized carbons (Fsp3) is 0.269. The molecule has 3 aliphatic rings. The van der Waals surface area contributed by atoms with Crippen LogP contribution in [0.4, 0.5) is 0 Å². The molecule has 5 aromatic rings. The predicted octanol–water partition coefficient (Wildman–Crippen LogP) is 3.44. The van der Waals surface area contributed by atoms with Gasteiger partial charge in [-0.15, -0.1) is 0 Å². The molecule has 5 heterocycles. The van der Waals surface area contributed by atoms with Gasteiger partial charge in [-0.2, -0.15) is 0 Å². The van der Waals surface area contributed by atoms with Gasteiger partial charge < -0.3 is 30.0 Å². The molecular formula is C26H22N4O3. The molecule has 0 saturated carbocycles. The first-order valence-electron chi connectivity index (χ1n) is 11.4. The third-order valence-electron chi connectivity index (χ3n) is 8.31. The zero-order valence-electron chi connectivity index (χ0n) is 18.1. The largest absolute Gasteiger partial charge is 0.383 e. The molecule has 2 bridgehead atoms. The van der Waals surface area contributed by atoms with Crippen LogP contribution in [0.1, 0.15) is 35.5 Å². The number of carbonyl (C=O) groups excluding carboxylic acids is 1. The van der Waals surface area contributed by atoms with Crippen LogP contribution in [-0.4, -0.2) is 32.3 Å². The summed E-state index contributed by atoms with van der Waals surface area (Å²) in [6, 6.07) is 16.3. The van der Waals surface area contributed by atoms with Crippen molar-refractivity contribution in [2.75, 3.05) is 6.54 Å². The summed E-state index contributed by atoms with van der Waals surface area (Å²) in [5, 5.41) is 19.0. The van der Waals surface area contributed by atoms with Crippen molar-refractivity contribution in [2.24, 2.45) is 5.73 Å². The Morgan fingerprint density at radius 2 is 1.79 bits per heavy atom. The molecular weight excluding hydrogens is 416 g/mol. The van der Waals surface area contributed by atoms with Crippen molar-refractivity contribution >= 4 is 49.5 Å². The van der Waals surface area contributed by atoms with Gasteiger partial charge in [0.15, 0.2) is 5.72 Å². The maximum Gasteiger partial charge on any atom is 0.252 e. The number of benzene rings is 3. The van der Waals surface area contributed by atoms with E-state index < -0.39 is 17.6 Å². The van der Waals surface area contributed by atoms with E-state index in [1.807, 2.05) is 31.2 Å². The van der Waals surface area contributed by atoms with Crippen LogP contribution in [0.5, 0.6) is 0 Å². The van der Waals surface area contributed by atoms with Gasteiger partial charge in [0.25, 0.3) is 5.91 Å². The number of nitrogens with one attached hydrogen (secondary N) is 1. The lowest BCUT2D eigenvalue weighted by atomic mass is 9.89. The van der Waals surface area contributed by atoms with Gasteiger partial charge in [0.2, 0.25) is 0 Å². The van der Waals surface area contributed by atoms with Crippen LogP contribution in [0.25, 0.3) is 43.6 Å². The number of hydrogen-bond donors (Lipinski definition) is 3. The molecule has 4 N–H and O–H groups in total. The van der Waals surface area contributed by atoms with Crippen LogP contribution in [0.2, 0.25) is 0 Å². The highest BCUT2D eigenvalue weighted by Gasteiger charge is 2.60. The van der Waals surface area contributed by atoms with Crippen molar-refractivity contribution in [1.82, 2.24) is 14.5 Å². The van der Waals surface area contributed by atoms with Gasteiger partial charge in [-0.3, -0.25) is 4.79 Å². The summed E-state index contributed by atoms with van der Waals surface area (Å²) in [6.07, 6.45) is -0.0415. The van der Waals surface area contributed by atoms with Crippen molar-refractivity contribution in [3.63, 3.8) is 0 Å². The van der Waals surface area contributed by atoms with Crippen molar-refractivity contribution in [1.29, 1.82) is 0 Å². The van der Waals surface area contributed by atoms with Crippen LogP contribution in [0.3, 0.4) is 0 Å². The highest BCUT2D eigenvalue weighted by Crippen LogP contribution is 2.57. The molecule has 0 spiro atoms. The van der Waals surface area contributed by atoms with E-state index in [1.54, 1.807) is 0 Å². The molecule has 2 aromatic heterocycles. The molecule has 3 aliphatic heterocycles. The zero-order valence-corrected chi connectivity index (χ0v) is 18.1. The Kier molecular flexibility index (Phi) is 2.95. The minimum atomic E-state index is -1.26. The average Bonchev–Trinajstić information content (AvgIpc) is 3.51. The first kappa shape index (κ1) is 18.1. The first-order valence-corrected chi connectivity index (χ1v) is 11.4. The van der Waals surface area contributed by atoms with E-state index in [0.717, 1.165) is 54.7 Å². The Morgan fingerprint density at radius 1 is 1.09 bits per heavy atom. The maximum absolute atomic E-state index is 13.2. The fourth-order valence-corrected chi connectivity index (χ4v) is 6.79. The monoisotopic (exact) mass is 438 g/mol.